The van der Waals surface area contributed by atoms with Crippen LogP contribution in [0.25, 0.3) is 0 Å². The lowest BCUT2D eigenvalue weighted by Crippen LogP contribution is -2.42. The molecule has 1 aliphatic heterocycles. The van der Waals surface area contributed by atoms with Gasteiger partial charge in [-0.2, -0.15) is 0 Å². The molecule has 4 heteroatoms. The van der Waals surface area contributed by atoms with Crippen molar-refractivity contribution in [2.75, 3.05) is 33.4 Å². The number of hydrogen-bond donors (Lipinski definition) is 1. The fourth-order valence-corrected chi connectivity index (χ4v) is 3.37. The largest absolute Gasteiger partial charge is 0.384 e. The Morgan fingerprint density at radius 2 is 2.30 bits per heavy atom. The number of benzene rings is 1. The second kappa shape index (κ2) is 7.55. The van der Waals surface area contributed by atoms with E-state index < -0.39 is 0 Å². The highest BCUT2D eigenvalue weighted by atomic mass is 79.9. The number of hydrogen-bond acceptors (Lipinski definition) is 3. The minimum Gasteiger partial charge on any atom is -0.384 e. The van der Waals surface area contributed by atoms with Crippen molar-refractivity contribution in [3.8, 4) is 0 Å². The van der Waals surface area contributed by atoms with Gasteiger partial charge in [0.1, 0.15) is 0 Å². The van der Waals surface area contributed by atoms with Crippen molar-refractivity contribution in [1.82, 2.24) is 4.90 Å². The minimum absolute atomic E-state index is 0.321. The van der Waals surface area contributed by atoms with E-state index in [0.717, 1.165) is 24.2 Å². The highest BCUT2D eigenvalue weighted by Crippen LogP contribution is 2.28. The molecular formula is C16H25BrN2O. The van der Waals surface area contributed by atoms with Gasteiger partial charge in [-0.3, -0.25) is 4.90 Å². The summed E-state index contributed by atoms with van der Waals surface area (Å²) in [6.45, 7) is 5.88. The van der Waals surface area contributed by atoms with Gasteiger partial charge in [0.2, 0.25) is 0 Å². The Kier molecular flexibility index (Phi) is 6.02. The van der Waals surface area contributed by atoms with E-state index >= 15 is 0 Å². The van der Waals surface area contributed by atoms with Crippen LogP contribution in [0.3, 0.4) is 0 Å². The molecule has 0 spiro atoms. The molecule has 0 amide bonds. The van der Waals surface area contributed by atoms with Crippen molar-refractivity contribution in [1.29, 1.82) is 0 Å². The number of aryl methyl sites for hydroxylation is 1. The van der Waals surface area contributed by atoms with Crippen LogP contribution in [0.4, 0.5) is 0 Å². The van der Waals surface area contributed by atoms with E-state index in [2.05, 4.69) is 46.0 Å². The van der Waals surface area contributed by atoms with Gasteiger partial charge in [-0.05, 0) is 49.4 Å². The number of nitrogens with two attached hydrogens (primary N) is 1. The number of nitrogens with zero attached hydrogens (tertiary/aromatic N) is 1. The summed E-state index contributed by atoms with van der Waals surface area (Å²) < 4.78 is 6.48. The zero-order valence-electron chi connectivity index (χ0n) is 12.4. The topological polar surface area (TPSA) is 38.5 Å². The molecule has 2 atom stereocenters. The lowest BCUT2D eigenvalue weighted by molar-refractivity contribution is 0.0697. The predicted molar refractivity (Wildman–Crippen MR) is 86.8 cm³/mol. The van der Waals surface area contributed by atoms with Crippen LogP contribution in [0.2, 0.25) is 0 Å². The Labute approximate surface area is 130 Å². The predicted octanol–water partition coefficient (Wildman–Crippen LogP) is 3.12. The molecule has 1 heterocycles. The van der Waals surface area contributed by atoms with Crippen molar-refractivity contribution in [2.45, 2.75) is 25.8 Å². The molecule has 0 aromatic heterocycles. The Balaban J connectivity index is 2.12. The molecule has 2 unspecified atom stereocenters. The average molecular weight is 341 g/mol. The third-order valence-electron chi connectivity index (χ3n) is 4.18. The lowest BCUT2D eigenvalue weighted by Gasteiger charge is -2.38. The standard InChI is InChI=1S/C16H25BrN2O/c1-12-8-14(5-6-15(12)17)16(9-18)19-7-3-4-13(10-19)11-20-2/h5-6,8,13,16H,3-4,7,9-11,18H2,1-2H3. The van der Waals surface area contributed by atoms with Crippen LogP contribution in [0.1, 0.15) is 30.0 Å². The first-order valence-electron chi connectivity index (χ1n) is 7.34. The molecule has 1 fully saturated rings. The van der Waals surface area contributed by atoms with E-state index in [1.807, 2.05) is 0 Å². The molecular weight excluding hydrogens is 316 g/mol. The van der Waals surface area contributed by atoms with E-state index in [0.29, 0.717) is 18.5 Å². The monoisotopic (exact) mass is 340 g/mol. The van der Waals surface area contributed by atoms with Gasteiger partial charge in [0, 0.05) is 30.7 Å². The first-order valence-corrected chi connectivity index (χ1v) is 8.14. The van der Waals surface area contributed by atoms with Gasteiger partial charge < -0.3 is 10.5 Å². The van der Waals surface area contributed by atoms with Gasteiger partial charge in [0.15, 0.2) is 0 Å². The summed E-state index contributed by atoms with van der Waals surface area (Å²) in [5, 5.41) is 0. The van der Waals surface area contributed by atoms with Crippen LogP contribution in [-0.2, 0) is 4.74 Å². The molecule has 2 N–H and O–H groups in total. The maximum Gasteiger partial charge on any atom is 0.0502 e. The fourth-order valence-electron chi connectivity index (χ4n) is 3.12. The summed E-state index contributed by atoms with van der Waals surface area (Å²) in [6, 6.07) is 6.89. The van der Waals surface area contributed by atoms with Crippen LogP contribution in [0.5, 0.6) is 0 Å². The van der Waals surface area contributed by atoms with Crippen molar-refractivity contribution in [2.24, 2.45) is 11.7 Å². The summed E-state index contributed by atoms with van der Waals surface area (Å²) in [4.78, 5) is 2.52. The molecule has 1 aromatic carbocycles. The van der Waals surface area contributed by atoms with Crippen molar-refractivity contribution in [3.63, 3.8) is 0 Å². The van der Waals surface area contributed by atoms with Crippen molar-refractivity contribution >= 4 is 15.9 Å². The van der Waals surface area contributed by atoms with Gasteiger partial charge in [-0.1, -0.05) is 28.1 Å². The molecule has 0 saturated carbocycles. The molecule has 20 heavy (non-hydrogen) atoms. The first kappa shape index (κ1) is 16.0. The average Bonchev–Trinajstić information content (AvgIpc) is 2.44. The van der Waals surface area contributed by atoms with Crippen LogP contribution in [0.15, 0.2) is 22.7 Å². The normalized spacial score (nSPS) is 21.9. The summed E-state index contributed by atoms with van der Waals surface area (Å²) in [7, 11) is 1.79. The highest BCUT2D eigenvalue weighted by molar-refractivity contribution is 9.10. The summed E-state index contributed by atoms with van der Waals surface area (Å²) >= 11 is 3.57. The maximum atomic E-state index is 6.06. The zero-order valence-corrected chi connectivity index (χ0v) is 14.0. The fraction of sp³-hybridized carbons (Fsp3) is 0.625. The molecule has 1 aliphatic rings. The van der Waals surface area contributed by atoms with Crippen LogP contribution < -0.4 is 5.73 Å². The van der Waals surface area contributed by atoms with Crippen LogP contribution in [-0.4, -0.2) is 38.3 Å². The van der Waals surface area contributed by atoms with E-state index in [9.17, 15) is 0 Å². The molecule has 0 radical (unpaired) electrons. The quantitative estimate of drug-likeness (QED) is 0.894. The number of likely N-dealkylation sites (tertiary alicyclic amines) is 1. The second-order valence-electron chi connectivity index (χ2n) is 5.72. The molecule has 1 aromatic rings. The van der Waals surface area contributed by atoms with Gasteiger partial charge >= 0.3 is 0 Å². The zero-order chi connectivity index (χ0) is 14.5. The molecule has 1 saturated heterocycles. The van der Waals surface area contributed by atoms with Crippen LogP contribution >= 0.6 is 15.9 Å². The number of methoxy groups -OCH3 is 1. The second-order valence-corrected chi connectivity index (χ2v) is 6.57. The molecule has 0 bridgehead atoms. The van der Waals surface area contributed by atoms with Crippen molar-refractivity contribution < 1.29 is 4.74 Å². The van der Waals surface area contributed by atoms with Crippen molar-refractivity contribution in [3.05, 3.63) is 33.8 Å². The van der Waals surface area contributed by atoms with E-state index in [1.165, 1.54) is 24.0 Å². The Morgan fingerprint density at radius 1 is 1.50 bits per heavy atom. The third kappa shape index (κ3) is 3.82. The number of halogens is 1. The van der Waals surface area contributed by atoms with Crippen LogP contribution in [0, 0.1) is 12.8 Å². The lowest BCUT2D eigenvalue weighted by atomic mass is 9.95. The Hall–Kier alpha value is -0.420. The summed E-state index contributed by atoms with van der Waals surface area (Å²) in [6.07, 6.45) is 2.50. The van der Waals surface area contributed by atoms with Gasteiger partial charge in [0.25, 0.3) is 0 Å². The van der Waals surface area contributed by atoms with Gasteiger partial charge in [-0.25, -0.2) is 0 Å². The maximum absolute atomic E-state index is 6.06. The van der Waals surface area contributed by atoms with E-state index in [4.69, 9.17) is 10.5 Å². The summed E-state index contributed by atoms with van der Waals surface area (Å²) in [5.74, 6) is 0.638. The SMILES string of the molecule is COCC1CCCN(C(CN)c2ccc(Br)c(C)c2)C1. The van der Waals surface area contributed by atoms with E-state index in [-0.39, 0.29) is 0 Å². The third-order valence-corrected chi connectivity index (χ3v) is 5.07. The highest BCUT2D eigenvalue weighted by Gasteiger charge is 2.26. The number of piperidine rings is 1. The first-order chi connectivity index (χ1) is 9.65. The smallest absolute Gasteiger partial charge is 0.0502 e. The molecule has 112 valence electrons. The number of ether oxygens (including phenoxy) is 1. The summed E-state index contributed by atoms with van der Waals surface area (Å²) in [5.41, 5.74) is 8.65. The molecule has 3 nitrogen and oxygen atoms in total. The Bertz CT molecular complexity index is 436. The number of rotatable bonds is 5. The molecule has 2 rings (SSSR count). The van der Waals surface area contributed by atoms with Gasteiger partial charge in [0.05, 0.1) is 6.61 Å². The van der Waals surface area contributed by atoms with Gasteiger partial charge in [-0.15, -0.1) is 0 Å². The molecule has 0 aliphatic carbocycles. The Morgan fingerprint density at radius 3 is 2.95 bits per heavy atom. The minimum atomic E-state index is 0.321. The van der Waals surface area contributed by atoms with E-state index in [1.54, 1.807) is 7.11 Å².